The maximum Gasteiger partial charge on any atom is 0.338 e. The molecule has 7 heteroatoms. The minimum Gasteiger partial charge on any atom is -0.492 e. The van der Waals surface area contributed by atoms with Crippen LogP contribution in [0.2, 0.25) is 0 Å². The third-order valence-electron chi connectivity index (χ3n) is 3.97. The summed E-state index contributed by atoms with van der Waals surface area (Å²) < 4.78 is 12.3. The predicted molar refractivity (Wildman–Crippen MR) is 105 cm³/mol. The van der Waals surface area contributed by atoms with E-state index in [9.17, 15) is 9.59 Å². The van der Waals surface area contributed by atoms with Crippen molar-refractivity contribution >= 4 is 17.6 Å². The molecule has 0 saturated heterocycles. The van der Waals surface area contributed by atoms with Gasteiger partial charge in [-0.1, -0.05) is 12.1 Å². The lowest BCUT2D eigenvalue weighted by Crippen LogP contribution is -2.21. The zero-order valence-corrected chi connectivity index (χ0v) is 15.7. The number of nitrogens with zero attached hydrogens (tertiary/aromatic N) is 2. The van der Waals surface area contributed by atoms with Gasteiger partial charge in [-0.2, -0.15) is 5.10 Å². The number of aryl methyl sites for hydroxylation is 1. The minimum absolute atomic E-state index is 0.357. The van der Waals surface area contributed by atoms with Crippen LogP contribution < -0.4 is 10.1 Å². The molecule has 0 aliphatic carbocycles. The third kappa shape index (κ3) is 4.56. The van der Waals surface area contributed by atoms with Crippen LogP contribution in [0.5, 0.6) is 5.75 Å². The largest absolute Gasteiger partial charge is 0.492 e. The van der Waals surface area contributed by atoms with Crippen LogP contribution >= 0.6 is 0 Å². The Morgan fingerprint density at radius 1 is 1.07 bits per heavy atom. The topological polar surface area (TPSA) is 82.5 Å². The monoisotopic (exact) mass is 379 g/mol. The molecule has 0 atom stereocenters. The Balaban J connectivity index is 1.57. The van der Waals surface area contributed by atoms with E-state index >= 15 is 0 Å². The molecule has 3 rings (SSSR count). The van der Waals surface area contributed by atoms with Crippen LogP contribution in [-0.2, 0) is 9.53 Å². The van der Waals surface area contributed by atoms with Crippen molar-refractivity contribution in [1.82, 2.24) is 9.78 Å². The van der Waals surface area contributed by atoms with Crippen molar-refractivity contribution in [2.45, 2.75) is 13.8 Å². The number of para-hydroxylation sites is 2. The number of carbonyl (C=O) groups is 2. The van der Waals surface area contributed by atoms with Crippen molar-refractivity contribution in [2.24, 2.45) is 0 Å². The molecule has 0 aliphatic heterocycles. The van der Waals surface area contributed by atoms with Gasteiger partial charge in [-0.05, 0) is 56.3 Å². The highest BCUT2D eigenvalue weighted by Crippen LogP contribution is 2.23. The quantitative estimate of drug-likeness (QED) is 0.637. The van der Waals surface area contributed by atoms with Gasteiger partial charge in [-0.25, -0.2) is 9.48 Å². The number of hydrogen-bond donors (Lipinski definition) is 1. The second-order valence-corrected chi connectivity index (χ2v) is 5.98. The summed E-state index contributed by atoms with van der Waals surface area (Å²) in [5, 5.41) is 6.90. The minimum atomic E-state index is -0.572. The Bertz CT molecular complexity index is 964. The first kappa shape index (κ1) is 19.2. The maximum absolute atomic E-state index is 12.2. The number of anilines is 1. The molecule has 0 unspecified atom stereocenters. The molecule has 0 fully saturated rings. The van der Waals surface area contributed by atoms with Crippen LogP contribution in [0, 0.1) is 6.92 Å². The Morgan fingerprint density at radius 2 is 1.82 bits per heavy atom. The van der Waals surface area contributed by atoms with E-state index in [2.05, 4.69) is 10.4 Å². The van der Waals surface area contributed by atoms with E-state index in [1.165, 1.54) is 0 Å². The molecule has 3 aromatic rings. The molecule has 2 aromatic carbocycles. The molecule has 7 nitrogen and oxygen atoms in total. The van der Waals surface area contributed by atoms with Gasteiger partial charge in [0.15, 0.2) is 6.61 Å². The van der Waals surface area contributed by atoms with Crippen molar-refractivity contribution in [1.29, 1.82) is 0 Å². The van der Waals surface area contributed by atoms with Crippen LogP contribution in [0.4, 0.5) is 5.69 Å². The van der Waals surface area contributed by atoms with Crippen LogP contribution in [0.1, 0.15) is 23.0 Å². The van der Waals surface area contributed by atoms with Gasteiger partial charge in [0.05, 0.1) is 23.5 Å². The summed E-state index contributed by atoms with van der Waals surface area (Å²) >= 11 is 0. The van der Waals surface area contributed by atoms with Crippen LogP contribution in [0.3, 0.4) is 0 Å². The van der Waals surface area contributed by atoms with Gasteiger partial charge in [0, 0.05) is 11.9 Å². The zero-order valence-electron chi connectivity index (χ0n) is 15.7. The SMILES string of the molecule is CCOc1ccccc1NC(=O)COC(=O)c1ccc(-n2nccc2C)cc1. The van der Waals surface area contributed by atoms with Crippen molar-refractivity contribution in [3.63, 3.8) is 0 Å². The molecule has 0 radical (unpaired) electrons. The first-order valence-corrected chi connectivity index (χ1v) is 8.88. The number of nitrogens with one attached hydrogen (secondary N) is 1. The first-order valence-electron chi connectivity index (χ1n) is 8.88. The molecule has 1 heterocycles. The number of rotatable bonds is 7. The number of esters is 1. The molecule has 0 aliphatic rings. The average Bonchev–Trinajstić information content (AvgIpc) is 3.14. The molecule has 28 heavy (non-hydrogen) atoms. The van der Waals surface area contributed by atoms with E-state index < -0.39 is 11.9 Å². The Morgan fingerprint density at radius 3 is 2.50 bits per heavy atom. The van der Waals surface area contributed by atoms with Gasteiger partial charge in [0.25, 0.3) is 5.91 Å². The van der Waals surface area contributed by atoms with Gasteiger partial charge < -0.3 is 14.8 Å². The van der Waals surface area contributed by atoms with E-state index in [4.69, 9.17) is 9.47 Å². The van der Waals surface area contributed by atoms with Crippen molar-refractivity contribution < 1.29 is 19.1 Å². The van der Waals surface area contributed by atoms with E-state index in [0.717, 1.165) is 11.4 Å². The van der Waals surface area contributed by atoms with Gasteiger partial charge in [-0.3, -0.25) is 4.79 Å². The average molecular weight is 379 g/mol. The lowest BCUT2D eigenvalue weighted by atomic mass is 10.2. The lowest BCUT2D eigenvalue weighted by molar-refractivity contribution is -0.119. The smallest absolute Gasteiger partial charge is 0.338 e. The van der Waals surface area contributed by atoms with E-state index in [1.54, 1.807) is 53.3 Å². The molecule has 0 saturated carbocycles. The van der Waals surface area contributed by atoms with Crippen LogP contribution in [0.15, 0.2) is 60.8 Å². The summed E-state index contributed by atoms with van der Waals surface area (Å²) in [5.74, 6) is -0.449. The van der Waals surface area contributed by atoms with Crippen molar-refractivity contribution in [3.8, 4) is 11.4 Å². The van der Waals surface area contributed by atoms with Crippen LogP contribution in [-0.4, -0.2) is 34.9 Å². The predicted octanol–water partition coefficient (Wildman–Crippen LogP) is 3.37. The second kappa shape index (κ2) is 8.85. The van der Waals surface area contributed by atoms with E-state index in [1.807, 2.05) is 26.0 Å². The fourth-order valence-electron chi connectivity index (χ4n) is 2.63. The molecular formula is C21H21N3O4. The number of aromatic nitrogens is 2. The maximum atomic E-state index is 12.2. The summed E-state index contributed by atoms with van der Waals surface area (Å²) in [6, 6.07) is 15.8. The van der Waals surface area contributed by atoms with E-state index in [0.29, 0.717) is 23.6 Å². The van der Waals surface area contributed by atoms with Gasteiger partial charge >= 0.3 is 5.97 Å². The number of benzene rings is 2. The lowest BCUT2D eigenvalue weighted by Gasteiger charge is -2.11. The number of carbonyl (C=O) groups excluding carboxylic acids is 2. The summed E-state index contributed by atoms with van der Waals surface area (Å²) in [6.07, 6.45) is 1.71. The molecule has 0 spiro atoms. The van der Waals surface area contributed by atoms with Crippen molar-refractivity contribution in [3.05, 3.63) is 72.1 Å². The standard InChI is InChI=1S/C21H21N3O4/c1-3-27-19-7-5-4-6-18(19)23-20(25)14-28-21(26)16-8-10-17(11-9-16)24-15(2)12-13-22-24/h4-13H,3,14H2,1-2H3,(H,23,25). The Labute approximate surface area is 162 Å². The molecule has 1 aromatic heterocycles. The first-order chi connectivity index (χ1) is 13.6. The van der Waals surface area contributed by atoms with E-state index in [-0.39, 0.29) is 6.61 Å². The Hall–Kier alpha value is -3.61. The molecule has 0 bridgehead atoms. The summed E-state index contributed by atoms with van der Waals surface area (Å²) in [7, 11) is 0. The Kier molecular flexibility index (Phi) is 6.06. The van der Waals surface area contributed by atoms with Gasteiger partial charge in [0.2, 0.25) is 0 Å². The summed E-state index contributed by atoms with van der Waals surface area (Å²) in [6.45, 7) is 3.89. The summed E-state index contributed by atoms with van der Waals surface area (Å²) in [4.78, 5) is 24.3. The highest BCUT2D eigenvalue weighted by Gasteiger charge is 2.12. The van der Waals surface area contributed by atoms with Gasteiger partial charge in [0.1, 0.15) is 5.75 Å². The highest BCUT2D eigenvalue weighted by molar-refractivity contribution is 5.96. The zero-order chi connectivity index (χ0) is 19.9. The molecule has 1 amide bonds. The molecular weight excluding hydrogens is 358 g/mol. The second-order valence-electron chi connectivity index (χ2n) is 5.98. The number of amides is 1. The normalized spacial score (nSPS) is 10.4. The highest BCUT2D eigenvalue weighted by atomic mass is 16.5. The fourth-order valence-corrected chi connectivity index (χ4v) is 2.63. The van der Waals surface area contributed by atoms with Gasteiger partial charge in [-0.15, -0.1) is 0 Å². The van der Waals surface area contributed by atoms with Crippen LogP contribution in [0.25, 0.3) is 5.69 Å². The third-order valence-corrected chi connectivity index (χ3v) is 3.97. The van der Waals surface area contributed by atoms with Crippen molar-refractivity contribution in [2.75, 3.05) is 18.5 Å². The molecule has 1 N–H and O–H groups in total. The summed E-state index contributed by atoms with van der Waals surface area (Å²) in [5.41, 5.74) is 2.71. The number of hydrogen-bond acceptors (Lipinski definition) is 5. The fraction of sp³-hybridized carbons (Fsp3) is 0.190. The number of ether oxygens (including phenoxy) is 2. The molecule has 144 valence electrons.